The molecule has 1 fully saturated rings. The van der Waals surface area contributed by atoms with Gasteiger partial charge in [-0.15, -0.1) is 0 Å². The summed E-state index contributed by atoms with van der Waals surface area (Å²) in [5, 5.41) is 10.9. The molecule has 1 aliphatic rings. The largest absolute Gasteiger partial charge is 0.490 e. The molecule has 0 aliphatic carbocycles. The van der Waals surface area contributed by atoms with Crippen LogP contribution < -0.4 is 5.73 Å². The average molecular weight is 628 g/mol. The van der Waals surface area contributed by atoms with Crippen molar-refractivity contribution in [1.82, 2.24) is 19.5 Å². The molecular weight excluding hydrogens is 610 g/mol. The van der Waals surface area contributed by atoms with Crippen LogP contribution in [0, 0.1) is 16.5 Å². The second-order valence-corrected chi connectivity index (χ2v) is 12.7. The number of phosphoric ester groups is 1. The van der Waals surface area contributed by atoms with Crippen molar-refractivity contribution in [2.24, 2.45) is 0 Å². The summed E-state index contributed by atoms with van der Waals surface area (Å²) in [6.07, 6.45) is -5.52. The highest BCUT2D eigenvalue weighted by Gasteiger charge is 2.58. The van der Waals surface area contributed by atoms with Crippen molar-refractivity contribution < 1.29 is 60.6 Å². The first-order valence-electron chi connectivity index (χ1n) is 9.52. The first-order valence-corrected chi connectivity index (χ1v) is 14.8. The van der Waals surface area contributed by atoms with Crippen LogP contribution in [0.1, 0.15) is 13.2 Å². The van der Waals surface area contributed by atoms with Gasteiger partial charge in [-0.3, -0.25) is 9.09 Å². The summed E-state index contributed by atoms with van der Waals surface area (Å²) in [4.78, 5) is 44.9. The van der Waals surface area contributed by atoms with Gasteiger partial charge in [0, 0.05) is 0 Å². The van der Waals surface area contributed by atoms with E-state index in [0.717, 1.165) is 6.92 Å². The molecule has 3 unspecified atom stereocenters. The summed E-state index contributed by atoms with van der Waals surface area (Å²) in [5.74, 6) is 4.27. The Hall–Kier alpha value is -1.32. The number of alkyl halides is 2. The number of rotatable bonds is 8. The van der Waals surface area contributed by atoms with E-state index in [9.17, 15) is 33.0 Å². The predicted molar refractivity (Wildman–Crippen MR) is 124 cm³/mol. The Kier molecular flexibility index (Phi) is 8.73. The minimum absolute atomic E-state index is 0.00358. The van der Waals surface area contributed by atoms with Crippen LogP contribution in [0.15, 0.2) is 6.33 Å². The number of fused-ring (bicyclic) bond motifs is 1. The third-order valence-corrected chi connectivity index (χ3v) is 9.34. The number of nitrogens with two attached hydrogens (primary N) is 1. The van der Waals surface area contributed by atoms with Gasteiger partial charge in [0.25, 0.3) is 0 Å². The summed E-state index contributed by atoms with van der Waals surface area (Å²) < 4.78 is 66.4. The maximum Gasteiger partial charge on any atom is 0.490 e. The quantitative estimate of drug-likeness (QED) is 0.0931. The topological polar surface area (TPSA) is 262 Å². The molecule has 3 heterocycles. The summed E-state index contributed by atoms with van der Waals surface area (Å²) in [5.41, 5.74) is 5.95. The Morgan fingerprint density at radius 2 is 2.00 bits per heavy atom. The lowest BCUT2D eigenvalue weighted by Crippen LogP contribution is -2.43. The average Bonchev–Trinajstić information content (AvgIpc) is 3.23. The fourth-order valence-corrected chi connectivity index (χ4v) is 7.14. The minimum Gasteiger partial charge on any atom is -0.387 e. The predicted octanol–water partition coefficient (Wildman–Crippen LogP) is 1.01. The molecule has 0 radical (unpaired) electrons. The molecule has 17 nitrogen and oxygen atoms in total. The number of aromatic amines is 1. The maximum atomic E-state index is 12.9. The number of aliphatic hydroxyl groups is 1. The van der Waals surface area contributed by atoms with Crippen molar-refractivity contribution in [2.75, 3.05) is 12.4 Å². The molecule has 37 heavy (non-hydrogen) atoms. The van der Waals surface area contributed by atoms with Gasteiger partial charge >= 0.3 is 23.5 Å². The van der Waals surface area contributed by atoms with E-state index in [1.54, 1.807) is 0 Å². The summed E-state index contributed by atoms with van der Waals surface area (Å²) in [7, 11) is -17.0. The molecule has 2 aromatic heterocycles. The van der Waals surface area contributed by atoms with Gasteiger partial charge in [-0.25, -0.2) is 28.1 Å². The lowest BCUT2D eigenvalue weighted by molar-refractivity contribution is -0.0728. The van der Waals surface area contributed by atoms with E-state index >= 15 is 0 Å². The highest BCUT2D eigenvalue weighted by molar-refractivity contribution is 7.71. The van der Waals surface area contributed by atoms with E-state index in [1.807, 2.05) is 0 Å². The second kappa shape index (κ2) is 10.7. The summed E-state index contributed by atoms with van der Waals surface area (Å²) in [6.45, 7) is -0.116. The molecule has 23 heteroatoms. The summed E-state index contributed by atoms with van der Waals surface area (Å²) in [6, 6.07) is 0. The van der Waals surface area contributed by atoms with Crippen molar-refractivity contribution >= 4 is 64.4 Å². The van der Waals surface area contributed by atoms with Gasteiger partial charge in [-0.2, -0.15) is 8.62 Å². The number of hydrogen-bond donors (Lipinski definition) is 7. The van der Waals surface area contributed by atoms with Gasteiger partial charge in [-0.1, -0.05) is 35.7 Å². The van der Waals surface area contributed by atoms with Gasteiger partial charge in [0.1, 0.15) is 30.0 Å². The number of anilines is 1. The Balaban J connectivity index is 1.95. The number of imidazole rings is 1. The number of nitrogens with zero attached hydrogens (tertiary/aromatic N) is 3. The van der Waals surface area contributed by atoms with Crippen LogP contribution in [0.5, 0.6) is 0 Å². The van der Waals surface area contributed by atoms with Gasteiger partial charge in [-0.05, 0) is 6.92 Å². The molecule has 0 saturated carbocycles. The molecule has 1 aliphatic heterocycles. The molecule has 3 rings (SSSR count). The molecule has 206 valence electrons. The molecule has 8 N–H and O–H groups in total. The fourth-order valence-electron chi connectivity index (χ4n) is 3.35. The number of nitrogens with one attached hydrogen (secondary N) is 1. The van der Waals surface area contributed by atoms with Crippen molar-refractivity contribution in [2.45, 2.75) is 36.3 Å². The molecule has 2 aromatic rings. The smallest absolute Gasteiger partial charge is 0.387 e. The Morgan fingerprint density at radius 3 is 2.59 bits per heavy atom. The van der Waals surface area contributed by atoms with E-state index in [2.05, 4.69) is 35.4 Å². The van der Waals surface area contributed by atoms with Crippen LogP contribution in [-0.4, -0.2) is 74.1 Å². The van der Waals surface area contributed by atoms with E-state index in [-0.39, 0.29) is 21.8 Å². The van der Waals surface area contributed by atoms with E-state index in [1.165, 1.54) is 10.9 Å². The van der Waals surface area contributed by atoms with Gasteiger partial charge < -0.3 is 40.1 Å². The van der Waals surface area contributed by atoms with Gasteiger partial charge in [0.2, 0.25) is 0 Å². The van der Waals surface area contributed by atoms with Crippen molar-refractivity contribution in [3.05, 3.63) is 11.0 Å². The van der Waals surface area contributed by atoms with Crippen molar-refractivity contribution in [3.8, 4) is 11.8 Å². The molecule has 0 aromatic carbocycles. The van der Waals surface area contributed by atoms with Crippen LogP contribution >= 0.6 is 47.3 Å². The normalized spacial score (nSPS) is 28.3. The first-order chi connectivity index (χ1) is 16.9. The molecule has 0 bridgehead atoms. The van der Waals surface area contributed by atoms with E-state index in [4.69, 9.17) is 48.6 Å². The first kappa shape index (κ1) is 30.2. The third kappa shape index (κ3) is 6.82. The number of aliphatic hydroxyl groups excluding tert-OH is 1. The van der Waals surface area contributed by atoms with Gasteiger partial charge in [0.05, 0.1) is 12.4 Å². The Morgan fingerprint density at radius 1 is 1.35 bits per heavy atom. The third-order valence-electron chi connectivity index (χ3n) is 4.63. The second-order valence-electron chi connectivity index (χ2n) is 7.28. The molecular formula is C14H18ClFN5O12P3S. The number of hydrogen-bond acceptors (Lipinski definition) is 12. The van der Waals surface area contributed by atoms with Crippen LogP contribution in [-0.2, 0) is 31.6 Å². The van der Waals surface area contributed by atoms with E-state index in [0.29, 0.717) is 0 Å². The van der Waals surface area contributed by atoms with Gasteiger partial charge in [0.15, 0.2) is 21.7 Å². The SMILES string of the molecule is C[C@@H](OP(=O)(O)OP(=O)(O)OP(=O)(O)O)[C@H]1O[C@@H](n2cnc3c(=S)nc(N)[nH]c32)C(Cl)(C#CCF)[C@H]1O. The minimum atomic E-state index is -5.81. The maximum absolute atomic E-state index is 12.9. The molecule has 0 spiro atoms. The van der Waals surface area contributed by atoms with E-state index < -0.39 is 59.6 Å². The number of nitrogen functional groups attached to an aromatic ring is 1. The lowest BCUT2D eigenvalue weighted by atomic mass is 9.96. The number of aromatic nitrogens is 4. The Labute approximate surface area is 216 Å². The zero-order valence-corrected chi connectivity index (χ0v) is 22.4. The molecule has 7 atom stereocenters. The number of H-pyrrole nitrogens is 1. The Bertz CT molecular complexity index is 1460. The lowest BCUT2D eigenvalue weighted by Gasteiger charge is -2.26. The van der Waals surface area contributed by atoms with Crippen LogP contribution in [0.3, 0.4) is 0 Å². The number of phosphoric acid groups is 3. The molecule has 1 saturated heterocycles. The highest BCUT2D eigenvalue weighted by Crippen LogP contribution is 2.66. The monoisotopic (exact) mass is 627 g/mol. The fraction of sp³-hybridized carbons (Fsp3) is 0.500. The zero-order valence-electron chi connectivity index (χ0n) is 18.1. The molecule has 0 amide bonds. The summed E-state index contributed by atoms with van der Waals surface area (Å²) >= 11 is 11.7. The highest BCUT2D eigenvalue weighted by atomic mass is 35.5. The van der Waals surface area contributed by atoms with Crippen molar-refractivity contribution in [1.29, 1.82) is 0 Å². The van der Waals surface area contributed by atoms with Crippen LogP contribution in [0.25, 0.3) is 11.2 Å². The number of halogens is 2. The van der Waals surface area contributed by atoms with Crippen LogP contribution in [0.4, 0.5) is 10.3 Å². The zero-order chi connectivity index (χ0) is 28.0. The van der Waals surface area contributed by atoms with Crippen molar-refractivity contribution in [3.63, 3.8) is 0 Å². The number of ether oxygens (including phenoxy) is 1. The standard InChI is InChI=1S/C14H18ClFN5O12P3S/c1-6(31-35(26,27)33-36(28,29)32-34(23,24)25)8-9(22)14(15,3-2-4-16)12(30-8)21-5-18-7-10(21)19-13(17)20-11(7)37/h5-6,8-9,12,22H,4H2,1H3,(H,26,27)(H,28,29)(H2,23,24,25)(H3,17,19,20,37)/t6-,8-,9+,12-,14?/m1/s1. The van der Waals surface area contributed by atoms with Crippen LogP contribution in [0.2, 0.25) is 0 Å².